The van der Waals surface area contributed by atoms with Gasteiger partial charge in [0.25, 0.3) is 0 Å². The Morgan fingerprint density at radius 3 is 2.54 bits per heavy atom. The van der Waals surface area contributed by atoms with Crippen LogP contribution in [0.15, 0.2) is 18.7 Å². The summed E-state index contributed by atoms with van der Waals surface area (Å²) >= 11 is 0. The second-order valence-electron chi connectivity index (χ2n) is 3.78. The van der Waals surface area contributed by atoms with Crippen LogP contribution in [0.25, 0.3) is 0 Å². The summed E-state index contributed by atoms with van der Waals surface area (Å²) < 4.78 is 0. The van der Waals surface area contributed by atoms with Crippen molar-refractivity contribution in [1.29, 1.82) is 0 Å². The number of nitrogens with zero attached hydrogens (tertiary/aromatic N) is 2. The second-order valence-corrected chi connectivity index (χ2v) is 3.78. The van der Waals surface area contributed by atoms with Gasteiger partial charge in [0, 0.05) is 12.4 Å². The maximum atomic E-state index is 9.59. The smallest absolute Gasteiger partial charge is 0.115 e. The molecule has 0 amide bonds. The summed E-state index contributed by atoms with van der Waals surface area (Å²) in [5.41, 5.74) is 1.16. The number of aliphatic hydroxyl groups is 1. The van der Waals surface area contributed by atoms with Crippen LogP contribution < -0.4 is 0 Å². The molecule has 1 N–H and O–H groups in total. The van der Waals surface area contributed by atoms with Gasteiger partial charge in [-0.1, -0.05) is 6.92 Å². The van der Waals surface area contributed by atoms with Crippen LogP contribution in [0.3, 0.4) is 0 Å². The summed E-state index contributed by atoms with van der Waals surface area (Å²) in [6.45, 7) is 2.09. The minimum Gasteiger partial charge on any atom is -0.393 e. The summed E-state index contributed by atoms with van der Waals surface area (Å²) in [7, 11) is 0. The van der Waals surface area contributed by atoms with Crippen LogP contribution in [0.4, 0.5) is 0 Å². The van der Waals surface area contributed by atoms with E-state index in [0.717, 1.165) is 18.4 Å². The lowest BCUT2D eigenvalue weighted by atomic mass is 9.91. The quantitative estimate of drug-likeness (QED) is 0.706. The van der Waals surface area contributed by atoms with Gasteiger partial charge in [0.2, 0.25) is 0 Å². The first-order valence-electron chi connectivity index (χ1n) is 4.72. The zero-order valence-corrected chi connectivity index (χ0v) is 7.72. The fourth-order valence-electron chi connectivity index (χ4n) is 2.12. The molecule has 0 spiro atoms. The van der Waals surface area contributed by atoms with E-state index in [1.165, 1.54) is 0 Å². The molecule has 0 aromatic carbocycles. The van der Waals surface area contributed by atoms with Crippen molar-refractivity contribution >= 4 is 0 Å². The van der Waals surface area contributed by atoms with Gasteiger partial charge >= 0.3 is 0 Å². The van der Waals surface area contributed by atoms with Gasteiger partial charge in [-0.2, -0.15) is 0 Å². The lowest BCUT2D eigenvalue weighted by molar-refractivity contribution is 0.136. The maximum absolute atomic E-state index is 9.59. The Kier molecular flexibility index (Phi) is 2.27. The van der Waals surface area contributed by atoms with Crippen molar-refractivity contribution in [2.75, 3.05) is 0 Å². The molecule has 1 aromatic heterocycles. The molecule has 1 aliphatic carbocycles. The standard InChI is InChI=1S/C10H14N2O/c1-7-9(2-3-10(7)13)8-4-11-6-12-5-8/h4-7,9-10,13H,2-3H2,1H3. The summed E-state index contributed by atoms with van der Waals surface area (Å²) in [4.78, 5) is 7.99. The Balaban J connectivity index is 2.19. The molecule has 3 nitrogen and oxygen atoms in total. The van der Waals surface area contributed by atoms with Gasteiger partial charge in [-0.05, 0) is 30.2 Å². The summed E-state index contributed by atoms with van der Waals surface area (Å²) in [6, 6.07) is 0. The number of aromatic nitrogens is 2. The zero-order valence-electron chi connectivity index (χ0n) is 7.72. The van der Waals surface area contributed by atoms with Crippen LogP contribution in [-0.2, 0) is 0 Å². The van der Waals surface area contributed by atoms with Crippen LogP contribution in [0.2, 0.25) is 0 Å². The van der Waals surface area contributed by atoms with Crippen LogP contribution >= 0.6 is 0 Å². The minimum absolute atomic E-state index is 0.148. The number of hydrogen-bond acceptors (Lipinski definition) is 3. The summed E-state index contributed by atoms with van der Waals surface area (Å²) in [6.07, 6.45) is 7.05. The largest absolute Gasteiger partial charge is 0.393 e. The molecular weight excluding hydrogens is 164 g/mol. The maximum Gasteiger partial charge on any atom is 0.115 e. The first kappa shape index (κ1) is 8.63. The van der Waals surface area contributed by atoms with Crippen molar-refractivity contribution in [1.82, 2.24) is 9.97 Å². The van der Waals surface area contributed by atoms with Crippen LogP contribution in [0.1, 0.15) is 31.2 Å². The van der Waals surface area contributed by atoms with E-state index < -0.39 is 0 Å². The van der Waals surface area contributed by atoms with Crippen LogP contribution in [0.5, 0.6) is 0 Å². The molecule has 0 aliphatic heterocycles. The normalized spacial score (nSPS) is 33.5. The van der Waals surface area contributed by atoms with E-state index in [9.17, 15) is 5.11 Å². The first-order valence-corrected chi connectivity index (χ1v) is 4.72. The lowest BCUT2D eigenvalue weighted by Gasteiger charge is -2.16. The van der Waals surface area contributed by atoms with Gasteiger partial charge in [-0.25, -0.2) is 9.97 Å². The molecule has 1 saturated carbocycles. The SMILES string of the molecule is CC1C(O)CCC1c1cncnc1. The molecule has 0 bridgehead atoms. The molecule has 3 atom stereocenters. The van der Waals surface area contributed by atoms with Crippen molar-refractivity contribution in [2.24, 2.45) is 5.92 Å². The highest BCUT2D eigenvalue weighted by atomic mass is 16.3. The lowest BCUT2D eigenvalue weighted by Crippen LogP contribution is -2.14. The topological polar surface area (TPSA) is 46.0 Å². The number of rotatable bonds is 1. The van der Waals surface area contributed by atoms with Gasteiger partial charge in [0.05, 0.1) is 6.10 Å². The Hall–Kier alpha value is -0.960. The van der Waals surface area contributed by atoms with E-state index in [1.54, 1.807) is 6.33 Å². The first-order chi connectivity index (χ1) is 6.29. The Bertz CT molecular complexity index is 276. The van der Waals surface area contributed by atoms with E-state index in [0.29, 0.717) is 11.8 Å². The van der Waals surface area contributed by atoms with Gasteiger partial charge in [-0.3, -0.25) is 0 Å². The fraction of sp³-hybridized carbons (Fsp3) is 0.600. The number of hydrogen-bond donors (Lipinski definition) is 1. The molecule has 0 radical (unpaired) electrons. The molecular formula is C10H14N2O. The van der Waals surface area contributed by atoms with Gasteiger partial charge in [0.15, 0.2) is 0 Å². The van der Waals surface area contributed by atoms with E-state index in [4.69, 9.17) is 0 Å². The Labute approximate surface area is 77.8 Å². The van der Waals surface area contributed by atoms with Crippen LogP contribution in [-0.4, -0.2) is 21.2 Å². The number of aliphatic hydroxyl groups excluding tert-OH is 1. The third-order valence-corrected chi connectivity index (χ3v) is 3.02. The zero-order chi connectivity index (χ0) is 9.26. The average Bonchev–Trinajstić information content (AvgIpc) is 2.49. The molecule has 0 saturated heterocycles. The molecule has 1 aromatic rings. The molecule has 1 heterocycles. The molecule has 1 fully saturated rings. The second kappa shape index (κ2) is 3.42. The van der Waals surface area contributed by atoms with Crippen molar-refractivity contribution in [3.05, 3.63) is 24.3 Å². The third-order valence-electron chi connectivity index (χ3n) is 3.02. The van der Waals surface area contributed by atoms with Gasteiger partial charge in [-0.15, -0.1) is 0 Å². The van der Waals surface area contributed by atoms with Crippen molar-refractivity contribution < 1.29 is 5.11 Å². The van der Waals surface area contributed by atoms with Gasteiger partial charge < -0.3 is 5.11 Å². The predicted molar refractivity (Wildman–Crippen MR) is 49.2 cm³/mol. The van der Waals surface area contributed by atoms with Crippen molar-refractivity contribution in [2.45, 2.75) is 31.8 Å². The highest BCUT2D eigenvalue weighted by Crippen LogP contribution is 2.38. The molecule has 13 heavy (non-hydrogen) atoms. The van der Waals surface area contributed by atoms with E-state index in [1.807, 2.05) is 12.4 Å². The molecule has 3 unspecified atom stereocenters. The summed E-state index contributed by atoms with van der Waals surface area (Å²) in [5.74, 6) is 0.780. The highest BCUT2D eigenvalue weighted by Gasteiger charge is 2.32. The average molecular weight is 178 g/mol. The molecule has 70 valence electrons. The van der Waals surface area contributed by atoms with Gasteiger partial charge in [0.1, 0.15) is 6.33 Å². The monoisotopic (exact) mass is 178 g/mol. The molecule has 2 rings (SSSR count). The highest BCUT2D eigenvalue weighted by molar-refractivity contribution is 5.14. The Morgan fingerprint density at radius 2 is 2.00 bits per heavy atom. The minimum atomic E-state index is -0.148. The molecule has 1 aliphatic rings. The van der Waals surface area contributed by atoms with E-state index >= 15 is 0 Å². The Morgan fingerprint density at radius 1 is 1.31 bits per heavy atom. The van der Waals surface area contributed by atoms with Crippen LogP contribution in [0, 0.1) is 5.92 Å². The fourth-order valence-corrected chi connectivity index (χ4v) is 2.12. The van der Waals surface area contributed by atoms with E-state index in [-0.39, 0.29) is 6.10 Å². The predicted octanol–water partition coefficient (Wildman–Crippen LogP) is 1.35. The summed E-state index contributed by atoms with van der Waals surface area (Å²) in [5, 5.41) is 9.59. The third kappa shape index (κ3) is 1.56. The van der Waals surface area contributed by atoms with Crippen molar-refractivity contribution in [3.8, 4) is 0 Å². The van der Waals surface area contributed by atoms with Crippen molar-refractivity contribution in [3.63, 3.8) is 0 Å². The van der Waals surface area contributed by atoms with E-state index in [2.05, 4.69) is 16.9 Å². The molecule has 3 heteroatoms.